The Morgan fingerprint density at radius 2 is 2.00 bits per heavy atom. The van der Waals surface area contributed by atoms with Gasteiger partial charge in [-0.1, -0.05) is 0 Å². The van der Waals surface area contributed by atoms with Gasteiger partial charge in [-0.2, -0.15) is 4.21 Å². The second kappa shape index (κ2) is 1.96. The summed E-state index contributed by atoms with van der Waals surface area (Å²) in [5, 5.41) is 7.40. The molecule has 7 heavy (non-hydrogen) atoms. The van der Waals surface area contributed by atoms with E-state index in [1.807, 2.05) is 0 Å². The summed E-state index contributed by atoms with van der Waals surface area (Å²) >= 11 is 0. The van der Waals surface area contributed by atoms with Crippen molar-refractivity contribution in [2.75, 3.05) is 0 Å². The maximum atomic E-state index is 9.58. The molecule has 0 aromatic carbocycles. The molecule has 6 nitrogen and oxygen atoms in total. The number of nitrogens with zero attached hydrogens (tertiary/aromatic N) is 2. The minimum absolute atomic E-state index is 1.56. The van der Waals surface area contributed by atoms with Crippen molar-refractivity contribution in [2.45, 2.75) is 0 Å². The Hall–Kier alpha value is -0.530. The van der Waals surface area contributed by atoms with Gasteiger partial charge in [0, 0.05) is 0 Å². The SMILES string of the molecule is O=NS(=O)(O)=NO. The maximum absolute atomic E-state index is 9.58. The van der Waals surface area contributed by atoms with Gasteiger partial charge in [0.15, 0.2) is 0 Å². The van der Waals surface area contributed by atoms with Crippen LogP contribution in [0.5, 0.6) is 0 Å². The molecule has 0 fully saturated rings. The Bertz CT molecular complexity index is 163. The zero-order chi connectivity index (χ0) is 5.91. The standard InChI is InChI=1S/H2N2O4S/c3-1-7(5,6)2-4/h3H,(H,1,5,6). The minimum atomic E-state index is -4.16. The Labute approximate surface area is 39.2 Å². The van der Waals surface area contributed by atoms with Crippen molar-refractivity contribution in [3.8, 4) is 0 Å². The summed E-state index contributed by atoms with van der Waals surface area (Å²) in [6, 6.07) is 0. The van der Waals surface area contributed by atoms with Crippen LogP contribution in [0.1, 0.15) is 0 Å². The molecular weight excluding hydrogens is 124 g/mol. The normalized spacial score (nSPS) is 17.4. The molecule has 0 heterocycles. The molecule has 0 rings (SSSR count). The van der Waals surface area contributed by atoms with Crippen LogP contribution in [0.4, 0.5) is 0 Å². The average Bonchev–Trinajstić information content (AvgIpc) is 1.68. The molecule has 0 radical (unpaired) electrons. The van der Waals surface area contributed by atoms with Gasteiger partial charge in [-0.3, -0.25) is 9.76 Å². The summed E-state index contributed by atoms with van der Waals surface area (Å²) in [6.45, 7) is 0. The third kappa shape index (κ3) is 2.20. The van der Waals surface area contributed by atoms with E-state index in [1.165, 1.54) is 0 Å². The van der Waals surface area contributed by atoms with Crippen LogP contribution >= 0.6 is 0 Å². The van der Waals surface area contributed by atoms with E-state index in [9.17, 15) is 4.21 Å². The lowest BCUT2D eigenvalue weighted by Crippen LogP contribution is -1.87. The van der Waals surface area contributed by atoms with Crippen molar-refractivity contribution in [1.29, 1.82) is 0 Å². The van der Waals surface area contributed by atoms with Gasteiger partial charge in [-0.25, -0.2) is 0 Å². The van der Waals surface area contributed by atoms with Crippen LogP contribution in [0, 0.1) is 4.91 Å². The molecule has 0 saturated carbocycles. The highest BCUT2D eigenvalue weighted by molar-refractivity contribution is 7.86. The smallest absolute Gasteiger partial charge is 0.279 e. The van der Waals surface area contributed by atoms with Crippen LogP contribution in [0.25, 0.3) is 0 Å². The number of nitroso groups, excluding NO2 is 1. The monoisotopic (exact) mass is 126 g/mol. The molecule has 7 heteroatoms. The molecule has 0 spiro atoms. The molecule has 0 aromatic heterocycles. The van der Waals surface area contributed by atoms with Gasteiger partial charge in [0.25, 0.3) is 0 Å². The lowest BCUT2D eigenvalue weighted by Gasteiger charge is -1.77. The third-order valence-electron chi connectivity index (χ3n) is 0.203. The minimum Gasteiger partial charge on any atom is -0.279 e. The highest BCUT2D eigenvalue weighted by Gasteiger charge is 1.95. The Kier molecular flexibility index (Phi) is 1.81. The van der Waals surface area contributed by atoms with Gasteiger partial charge in [0.1, 0.15) is 0 Å². The summed E-state index contributed by atoms with van der Waals surface area (Å²) in [5.41, 5.74) is 0. The van der Waals surface area contributed by atoms with E-state index >= 15 is 0 Å². The summed E-state index contributed by atoms with van der Waals surface area (Å²) in [6.07, 6.45) is 0. The van der Waals surface area contributed by atoms with Crippen molar-refractivity contribution in [3.05, 3.63) is 4.91 Å². The topological polar surface area (TPSA) is 99.3 Å². The highest BCUT2D eigenvalue weighted by Crippen LogP contribution is 1.84. The van der Waals surface area contributed by atoms with Crippen LogP contribution in [0.15, 0.2) is 9.11 Å². The van der Waals surface area contributed by atoms with E-state index < -0.39 is 10.2 Å². The van der Waals surface area contributed by atoms with Crippen molar-refractivity contribution >= 4 is 10.2 Å². The Balaban J connectivity index is 4.50. The first kappa shape index (κ1) is 6.47. The fraction of sp³-hybridized carbons (Fsp3) is 0. The van der Waals surface area contributed by atoms with Gasteiger partial charge in [0.05, 0.1) is 4.58 Å². The first-order chi connectivity index (χ1) is 3.12. The third-order valence-corrected chi connectivity index (χ3v) is 0.610. The van der Waals surface area contributed by atoms with Gasteiger partial charge < -0.3 is 0 Å². The summed E-state index contributed by atoms with van der Waals surface area (Å²) in [5.74, 6) is 0. The number of hydrogen-bond donors (Lipinski definition) is 2. The molecule has 0 amide bonds. The summed E-state index contributed by atoms with van der Waals surface area (Å²) in [4.78, 5) is 9.03. The molecule has 0 bridgehead atoms. The van der Waals surface area contributed by atoms with Crippen molar-refractivity contribution in [3.63, 3.8) is 0 Å². The van der Waals surface area contributed by atoms with Gasteiger partial charge in [-0.05, 0) is 4.53 Å². The Morgan fingerprint density at radius 3 is 2.00 bits per heavy atom. The lowest BCUT2D eigenvalue weighted by molar-refractivity contribution is 0.316. The predicted octanol–water partition coefficient (Wildman–Crippen LogP) is -0.00200. The molecule has 2 N–H and O–H groups in total. The number of hydrogen-bond acceptors (Lipinski definition) is 3. The van der Waals surface area contributed by atoms with E-state index in [2.05, 4.69) is 0 Å². The van der Waals surface area contributed by atoms with Gasteiger partial charge >= 0.3 is 10.2 Å². The fourth-order valence-electron chi connectivity index (χ4n) is 0.0149. The Morgan fingerprint density at radius 1 is 1.57 bits per heavy atom. The van der Waals surface area contributed by atoms with Crippen LogP contribution in [-0.4, -0.2) is 14.0 Å². The average molecular weight is 126 g/mol. The van der Waals surface area contributed by atoms with E-state index in [1.54, 1.807) is 9.11 Å². The molecule has 0 aliphatic carbocycles. The van der Waals surface area contributed by atoms with E-state index in [0.717, 1.165) is 0 Å². The van der Waals surface area contributed by atoms with Crippen molar-refractivity contribution in [1.82, 2.24) is 0 Å². The first-order valence-corrected chi connectivity index (χ1v) is 2.53. The predicted molar refractivity (Wildman–Crippen MR) is 20.8 cm³/mol. The van der Waals surface area contributed by atoms with Crippen LogP contribution < -0.4 is 0 Å². The summed E-state index contributed by atoms with van der Waals surface area (Å²) in [7, 11) is -4.16. The van der Waals surface area contributed by atoms with Gasteiger partial charge in [0.2, 0.25) is 0 Å². The highest BCUT2D eigenvalue weighted by atomic mass is 32.2. The molecule has 0 aliphatic rings. The fourth-order valence-corrected chi connectivity index (χ4v) is 0.0447. The molecule has 1 unspecified atom stereocenters. The molecule has 1 atom stereocenters. The van der Waals surface area contributed by atoms with Crippen LogP contribution in [-0.2, 0) is 10.2 Å². The largest absolute Gasteiger partial charge is 0.335 e. The van der Waals surface area contributed by atoms with Crippen LogP contribution in [0.3, 0.4) is 0 Å². The molecule has 0 saturated heterocycles. The molecule has 0 aromatic rings. The van der Waals surface area contributed by atoms with E-state index in [0.29, 0.717) is 0 Å². The van der Waals surface area contributed by atoms with Gasteiger partial charge in [-0.15, -0.1) is 4.91 Å². The molecule has 42 valence electrons. The second-order valence-electron chi connectivity index (χ2n) is 0.625. The molecular formula is H2N2O4S. The lowest BCUT2D eigenvalue weighted by atomic mass is 13.6. The second-order valence-corrected chi connectivity index (χ2v) is 1.87. The molecule has 0 aliphatic heterocycles. The number of rotatable bonds is 1. The summed E-state index contributed by atoms with van der Waals surface area (Å²) < 4.78 is 20.6. The van der Waals surface area contributed by atoms with E-state index in [4.69, 9.17) is 14.7 Å². The maximum Gasteiger partial charge on any atom is 0.335 e. The van der Waals surface area contributed by atoms with E-state index in [-0.39, 0.29) is 0 Å². The van der Waals surface area contributed by atoms with Crippen LogP contribution in [0.2, 0.25) is 0 Å². The van der Waals surface area contributed by atoms with Crippen molar-refractivity contribution in [2.24, 2.45) is 9.11 Å². The van der Waals surface area contributed by atoms with Crippen molar-refractivity contribution < 1.29 is 14.0 Å². The first-order valence-electron chi connectivity index (χ1n) is 1.10. The zero-order valence-corrected chi connectivity index (χ0v) is 3.83. The quantitative estimate of drug-likeness (QED) is 0.381. The zero-order valence-electron chi connectivity index (χ0n) is 3.01.